The molecule has 11 nitrogen and oxygen atoms in total. The Bertz CT molecular complexity index is 1330. The van der Waals surface area contributed by atoms with Crippen LogP contribution in [0.25, 0.3) is 0 Å². The van der Waals surface area contributed by atoms with Crippen LogP contribution in [0.15, 0.2) is 72.9 Å². The highest BCUT2D eigenvalue weighted by molar-refractivity contribution is 5.76. The summed E-state index contributed by atoms with van der Waals surface area (Å²) in [5.41, 5.74) is 0. The van der Waals surface area contributed by atoms with Crippen LogP contribution >= 0.6 is 0 Å². The van der Waals surface area contributed by atoms with Crippen LogP contribution in [0.4, 0.5) is 0 Å². The highest BCUT2D eigenvalue weighted by Crippen LogP contribution is 2.22. The Morgan fingerprint density at radius 1 is 0.561 bits per heavy atom. The average Bonchev–Trinajstić information content (AvgIpc) is 3.31. The summed E-state index contributed by atoms with van der Waals surface area (Å²) in [5.74, 6) is -0.334. The topological polar surface area (TPSA) is 175 Å². The number of amides is 1. The van der Waals surface area contributed by atoms with E-state index < -0.39 is 49.5 Å². The van der Waals surface area contributed by atoms with E-state index in [1.165, 1.54) is 83.5 Å². The standard InChI is InChI=1S/C55H95NO10/c1-3-5-7-9-11-13-15-18-23-27-31-35-39-43-51(60)64-44-40-36-32-28-24-20-17-19-22-26-30-34-38-42-50(59)56-47(46-65-55-54(63)53(62)52(61)49(45-57)66-55)48(58)41-37-33-29-25-21-16-14-12-10-8-6-4-2/h7,9,13,15,19,21-22,25,30,34,37,41,47-49,52-55,57-58,61-63H,3-6,8,10-12,14,16-18,20,23-24,26-29,31-33,35-36,38-40,42-46H2,1-2H3,(H,56,59)/b9-7-,15-13-,22-19-,25-21+,34-30-,41-37+. The minimum Gasteiger partial charge on any atom is -0.466 e. The number of esters is 1. The number of hydrogen-bond donors (Lipinski definition) is 6. The first-order valence-corrected chi connectivity index (χ1v) is 26.2. The molecule has 1 heterocycles. The molecule has 1 aliphatic rings. The fourth-order valence-corrected chi connectivity index (χ4v) is 7.53. The lowest BCUT2D eigenvalue weighted by Gasteiger charge is -2.40. The van der Waals surface area contributed by atoms with Gasteiger partial charge in [0.15, 0.2) is 6.29 Å². The smallest absolute Gasteiger partial charge is 0.305 e. The Hall–Kier alpha value is -2.90. The first kappa shape index (κ1) is 61.1. The molecule has 0 bridgehead atoms. The summed E-state index contributed by atoms with van der Waals surface area (Å²) in [6.45, 7) is 4.12. The van der Waals surface area contributed by atoms with Gasteiger partial charge < -0.3 is 45.1 Å². The zero-order valence-electron chi connectivity index (χ0n) is 41.4. The van der Waals surface area contributed by atoms with Crippen LogP contribution in [-0.2, 0) is 23.8 Å². The van der Waals surface area contributed by atoms with Crippen LogP contribution in [0.1, 0.15) is 200 Å². The molecule has 0 radical (unpaired) electrons. The van der Waals surface area contributed by atoms with Crippen LogP contribution in [0, 0.1) is 0 Å². The van der Waals surface area contributed by atoms with Crippen molar-refractivity contribution in [3.63, 3.8) is 0 Å². The first-order chi connectivity index (χ1) is 32.2. The van der Waals surface area contributed by atoms with Gasteiger partial charge in [-0.05, 0) is 89.9 Å². The molecule has 7 atom stereocenters. The average molecular weight is 930 g/mol. The monoisotopic (exact) mass is 930 g/mol. The fraction of sp³-hybridized carbons (Fsp3) is 0.745. The highest BCUT2D eigenvalue weighted by atomic mass is 16.7. The second kappa shape index (κ2) is 44.6. The van der Waals surface area contributed by atoms with E-state index in [9.17, 15) is 35.1 Å². The number of aliphatic hydroxyl groups is 5. The van der Waals surface area contributed by atoms with Crippen molar-refractivity contribution in [2.24, 2.45) is 0 Å². The first-order valence-electron chi connectivity index (χ1n) is 26.2. The lowest BCUT2D eigenvalue weighted by Crippen LogP contribution is -2.60. The van der Waals surface area contributed by atoms with Crippen LogP contribution in [0.2, 0.25) is 0 Å². The van der Waals surface area contributed by atoms with Gasteiger partial charge in [0.05, 0.1) is 32.0 Å². The predicted molar refractivity (Wildman–Crippen MR) is 269 cm³/mol. The van der Waals surface area contributed by atoms with E-state index in [2.05, 4.69) is 67.8 Å². The third-order valence-electron chi connectivity index (χ3n) is 11.8. The molecule has 0 saturated carbocycles. The molecule has 1 fully saturated rings. The van der Waals surface area contributed by atoms with Gasteiger partial charge in [-0.15, -0.1) is 0 Å². The van der Waals surface area contributed by atoms with Gasteiger partial charge in [-0.2, -0.15) is 0 Å². The Kier molecular flexibility index (Phi) is 41.3. The molecule has 1 amide bonds. The summed E-state index contributed by atoms with van der Waals surface area (Å²) in [4.78, 5) is 25.0. The number of unbranched alkanes of at least 4 members (excludes halogenated alkanes) is 19. The van der Waals surface area contributed by atoms with Crippen molar-refractivity contribution in [1.29, 1.82) is 0 Å². The van der Waals surface area contributed by atoms with Gasteiger partial charge >= 0.3 is 5.97 Å². The van der Waals surface area contributed by atoms with E-state index in [0.29, 0.717) is 19.4 Å². The lowest BCUT2D eigenvalue weighted by atomic mass is 9.99. The highest BCUT2D eigenvalue weighted by Gasteiger charge is 2.44. The van der Waals surface area contributed by atoms with Gasteiger partial charge in [0.2, 0.25) is 5.91 Å². The Labute approximate surface area is 400 Å². The van der Waals surface area contributed by atoms with Crippen molar-refractivity contribution in [2.75, 3.05) is 19.8 Å². The fourth-order valence-electron chi connectivity index (χ4n) is 7.53. The molecular weight excluding hydrogens is 835 g/mol. The molecule has 1 rings (SSSR count). The van der Waals surface area contributed by atoms with Gasteiger partial charge in [-0.25, -0.2) is 0 Å². The zero-order chi connectivity index (χ0) is 48.1. The maximum atomic E-state index is 12.9. The number of allylic oxidation sites excluding steroid dienone is 11. The summed E-state index contributed by atoms with van der Waals surface area (Å²) in [6, 6.07) is -0.873. The summed E-state index contributed by atoms with van der Waals surface area (Å²) in [6.07, 6.45) is 47.1. The molecule has 0 aromatic heterocycles. The van der Waals surface area contributed by atoms with Crippen LogP contribution in [0.3, 0.4) is 0 Å². The molecular formula is C55H95NO10. The van der Waals surface area contributed by atoms with E-state index in [-0.39, 0.29) is 24.9 Å². The number of hydrogen-bond acceptors (Lipinski definition) is 10. The van der Waals surface area contributed by atoms with Crippen molar-refractivity contribution in [3.8, 4) is 0 Å². The number of ether oxygens (including phenoxy) is 3. The number of rotatable bonds is 43. The van der Waals surface area contributed by atoms with Crippen LogP contribution < -0.4 is 5.32 Å². The van der Waals surface area contributed by atoms with Gasteiger partial charge in [0.25, 0.3) is 0 Å². The lowest BCUT2D eigenvalue weighted by molar-refractivity contribution is -0.302. The molecule has 0 spiro atoms. The Balaban J connectivity index is 2.24. The minimum absolute atomic E-state index is 0.0573. The molecule has 1 saturated heterocycles. The molecule has 7 unspecified atom stereocenters. The molecule has 0 aliphatic carbocycles. The molecule has 380 valence electrons. The summed E-state index contributed by atoms with van der Waals surface area (Å²) in [5, 5.41) is 54.1. The molecule has 11 heteroatoms. The maximum Gasteiger partial charge on any atom is 0.305 e. The number of carbonyl (C=O) groups excluding carboxylic acids is 2. The summed E-state index contributed by atoms with van der Waals surface area (Å²) < 4.78 is 16.6. The van der Waals surface area contributed by atoms with Crippen molar-refractivity contribution in [3.05, 3.63) is 72.9 Å². The molecule has 0 aromatic carbocycles. The van der Waals surface area contributed by atoms with E-state index in [4.69, 9.17) is 14.2 Å². The normalized spacial score (nSPS) is 20.3. The molecule has 6 N–H and O–H groups in total. The maximum absolute atomic E-state index is 12.9. The summed E-state index contributed by atoms with van der Waals surface area (Å²) in [7, 11) is 0. The largest absolute Gasteiger partial charge is 0.466 e. The van der Waals surface area contributed by atoms with Gasteiger partial charge in [0, 0.05) is 12.8 Å². The van der Waals surface area contributed by atoms with Gasteiger partial charge in [0.1, 0.15) is 24.4 Å². The Morgan fingerprint density at radius 2 is 1.08 bits per heavy atom. The quantitative estimate of drug-likeness (QED) is 0.0196. The van der Waals surface area contributed by atoms with Crippen LogP contribution in [-0.4, -0.2) is 100 Å². The van der Waals surface area contributed by atoms with E-state index in [1.54, 1.807) is 6.08 Å². The zero-order valence-corrected chi connectivity index (χ0v) is 41.4. The van der Waals surface area contributed by atoms with Crippen LogP contribution in [0.5, 0.6) is 0 Å². The minimum atomic E-state index is -1.59. The number of carbonyl (C=O) groups is 2. The van der Waals surface area contributed by atoms with E-state index >= 15 is 0 Å². The van der Waals surface area contributed by atoms with E-state index in [0.717, 1.165) is 83.5 Å². The second-order valence-electron chi connectivity index (χ2n) is 17.8. The molecule has 66 heavy (non-hydrogen) atoms. The number of aliphatic hydroxyl groups excluding tert-OH is 5. The van der Waals surface area contributed by atoms with Gasteiger partial charge in [-0.3, -0.25) is 9.59 Å². The van der Waals surface area contributed by atoms with Crippen molar-refractivity contribution in [2.45, 2.75) is 243 Å². The molecule has 0 aromatic rings. The third-order valence-corrected chi connectivity index (χ3v) is 11.8. The molecule has 1 aliphatic heterocycles. The SMILES string of the molecule is CCC/C=C\C/C=C\CCCCCCCC(=O)OCCCCCCCC/C=C\C/C=C\CCC(=O)NC(COC1OC(CO)C(O)C(O)C1O)C(O)/C=C/CC/C=C/CCCCCCCC. The Morgan fingerprint density at radius 3 is 1.68 bits per heavy atom. The van der Waals surface area contributed by atoms with Crippen molar-refractivity contribution < 1.29 is 49.3 Å². The van der Waals surface area contributed by atoms with Gasteiger partial charge in [-0.1, -0.05) is 170 Å². The van der Waals surface area contributed by atoms with Crippen molar-refractivity contribution in [1.82, 2.24) is 5.32 Å². The predicted octanol–water partition coefficient (Wildman–Crippen LogP) is 10.9. The number of nitrogens with one attached hydrogen (secondary N) is 1. The van der Waals surface area contributed by atoms with E-state index in [1.807, 2.05) is 18.2 Å². The third kappa shape index (κ3) is 34.4. The van der Waals surface area contributed by atoms with Crippen molar-refractivity contribution >= 4 is 11.9 Å². The summed E-state index contributed by atoms with van der Waals surface area (Å²) >= 11 is 0. The second-order valence-corrected chi connectivity index (χ2v) is 17.8.